The summed E-state index contributed by atoms with van der Waals surface area (Å²) in [6, 6.07) is 0. The molecule has 0 aromatic rings. The van der Waals surface area contributed by atoms with Crippen molar-refractivity contribution in [2.45, 2.75) is 32.7 Å². The summed E-state index contributed by atoms with van der Waals surface area (Å²) < 4.78 is 9.13. The van der Waals surface area contributed by atoms with Gasteiger partial charge in [-0.3, -0.25) is 0 Å². The molecule has 0 amide bonds. The van der Waals surface area contributed by atoms with E-state index >= 15 is 0 Å². The van der Waals surface area contributed by atoms with Crippen molar-refractivity contribution in [2.24, 2.45) is 0 Å². The molecule has 0 radical (unpaired) electrons. The second-order valence-electron chi connectivity index (χ2n) is 3.29. The molecule has 0 atom stereocenters. The number of ether oxygens (including phenoxy) is 2. The average molecular weight is 375 g/mol. The molecule has 3 nitrogen and oxygen atoms in total. The van der Waals surface area contributed by atoms with E-state index in [0.717, 1.165) is 6.42 Å². The van der Waals surface area contributed by atoms with E-state index in [1.165, 1.54) is 0 Å². The van der Waals surface area contributed by atoms with E-state index in [4.69, 9.17) is 33.3 Å². The van der Waals surface area contributed by atoms with Crippen LogP contribution in [0.15, 0.2) is 0 Å². The summed E-state index contributed by atoms with van der Waals surface area (Å²) in [6.45, 7) is 7.99. The van der Waals surface area contributed by atoms with Crippen LogP contribution < -0.4 is 0 Å². The van der Waals surface area contributed by atoms with Crippen molar-refractivity contribution in [3.8, 4) is 0 Å². The van der Waals surface area contributed by atoms with Crippen molar-refractivity contribution >= 4 is 27.6 Å². The van der Waals surface area contributed by atoms with Gasteiger partial charge in [0.15, 0.2) is 0 Å². The Morgan fingerprint density at radius 3 is 1.62 bits per heavy atom. The second kappa shape index (κ2) is 16.5. The van der Waals surface area contributed by atoms with Crippen LogP contribution in [0, 0.1) is 6.61 Å². The Kier molecular flexibility index (Phi) is 23.3. The molecule has 0 aliphatic heterocycles. The Bertz CT molecular complexity index is 117. The molecule has 0 spiro atoms. The molecule has 0 aromatic carbocycles. The van der Waals surface area contributed by atoms with Crippen LogP contribution in [0.2, 0.25) is 0 Å². The van der Waals surface area contributed by atoms with Gasteiger partial charge in [-0.1, -0.05) is 33.8 Å². The summed E-state index contributed by atoms with van der Waals surface area (Å²) in [5.41, 5.74) is 6.97. The number of methoxy groups -OCH3 is 2. The van der Waals surface area contributed by atoms with Gasteiger partial charge in [0, 0.05) is 7.11 Å². The molecule has 0 aliphatic carbocycles. The third kappa shape index (κ3) is 58.0. The van der Waals surface area contributed by atoms with E-state index in [1.54, 1.807) is 20.8 Å². The van der Waals surface area contributed by atoms with Gasteiger partial charge < -0.3 is 15.2 Å². The first kappa shape index (κ1) is 22.7. The van der Waals surface area contributed by atoms with Gasteiger partial charge in [-0.2, -0.15) is 6.61 Å². The number of rotatable bonds is 4. The topological polar surface area (TPSA) is 42.3 Å². The van der Waals surface area contributed by atoms with E-state index < -0.39 is 15.2 Å². The van der Waals surface area contributed by atoms with Gasteiger partial charge in [-0.05, 0) is 7.11 Å². The van der Waals surface area contributed by atoms with Crippen LogP contribution >= 0.6 is 27.6 Å². The average Bonchev–Trinajstić information content (AvgIpc) is 2.14. The van der Waals surface area contributed by atoms with Crippen LogP contribution in [0.5, 0.6) is 0 Å². The SMILES string of the molecule is CCC(C)(C)[NH-].CO[CH-]COC.[Cl][Nb]([Cl])[Cl]. The fraction of sp³-hybridized carbons (Fsp3) is 0.889. The molecule has 0 aromatic heterocycles. The summed E-state index contributed by atoms with van der Waals surface area (Å²) in [6.07, 6.45) is 0.938. The Morgan fingerprint density at radius 1 is 1.25 bits per heavy atom. The first-order valence-electron chi connectivity index (χ1n) is 4.57. The van der Waals surface area contributed by atoms with E-state index in [9.17, 15) is 0 Å². The van der Waals surface area contributed by atoms with Crippen molar-refractivity contribution in [3.05, 3.63) is 12.3 Å². The van der Waals surface area contributed by atoms with Crippen molar-refractivity contribution in [3.63, 3.8) is 0 Å². The number of nitrogens with one attached hydrogen (secondary N) is 1. The van der Waals surface area contributed by atoms with Gasteiger partial charge in [0.05, 0.1) is 0 Å². The second-order valence-corrected chi connectivity index (χ2v) is 13.3. The molecule has 0 unspecified atom stereocenters. The molecule has 0 fully saturated rings. The number of halogens is 3. The summed E-state index contributed by atoms with van der Waals surface area (Å²) >= 11 is -2.03. The molecule has 7 heteroatoms. The van der Waals surface area contributed by atoms with Crippen molar-refractivity contribution in [2.75, 3.05) is 20.8 Å². The molecule has 0 saturated carbocycles. The molecular weight excluding hydrogens is 353 g/mol. The van der Waals surface area contributed by atoms with Gasteiger partial charge in [0.25, 0.3) is 0 Å². The fourth-order valence-corrected chi connectivity index (χ4v) is 0.136. The minimum absolute atomic E-state index is 0.208. The quantitative estimate of drug-likeness (QED) is 0.405. The zero-order valence-electron chi connectivity index (χ0n) is 10.4. The van der Waals surface area contributed by atoms with Crippen LogP contribution in [-0.2, 0) is 24.7 Å². The third-order valence-electron chi connectivity index (χ3n) is 1.29. The van der Waals surface area contributed by atoms with Crippen molar-refractivity contribution in [1.29, 1.82) is 0 Å². The Hall–Kier alpha value is 1.49. The van der Waals surface area contributed by atoms with E-state index in [-0.39, 0.29) is 5.54 Å². The van der Waals surface area contributed by atoms with E-state index in [2.05, 4.69) is 9.47 Å². The summed E-state index contributed by atoms with van der Waals surface area (Å²) in [4.78, 5) is 0. The Labute approximate surface area is 117 Å². The van der Waals surface area contributed by atoms with Gasteiger partial charge in [-0.25, -0.2) is 0 Å². The Balaban J connectivity index is -0.000000162. The fourth-order valence-electron chi connectivity index (χ4n) is 0.136. The first-order valence-corrected chi connectivity index (χ1v) is 13.1. The zero-order valence-corrected chi connectivity index (χ0v) is 14.9. The first-order chi connectivity index (χ1) is 7.21. The molecular formula is C9H21Cl3NNbO2-2. The molecule has 102 valence electrons. The van der Waals surface area contributed by atoms with Crippen LogP contribution in [0.4, 0.5) is 0 Å². The van der Waals surface area contributed by atoms with Crippen LogP contribution in [0.25, 0.3) is 5.73 Å². The third-order valence-corrected chi connectivity index (χ3v) is 1.29. The number of hydrogen-bond donors (Lipinski definition) is 0. The maximum atomic E-state index is 7.18. The molecule has 1 N–H and O–H groups in total. The maximum absolute atomic E-state index is 7.18. The molecule has 0 saturated heterocycles. The summed E-state index contributed by atoms with van der Waals surface area (Å²) in [5, 5.41) is 0. The standard InChI is InChI=1S/C5H12N.C4H9O2.3ClH.Nb/c1-4-5(2,3)6;1-5-3-4-6-2;;;;/h6H,4H2,1-3H3;3H,4H2,1-2H3;3*1H;/q2*-1;;;;+3/p-3. The van der Waals surface area contributed by atoms with Gasteiger partial charge in [-0.15, -0.1) is 5.54 Å². The zero-order chi connectivity index (χ0) is 13.6. The molecule has 16 heavy (non-hydrogen) atoms. The van der Waals surface area contributed by atoms with Crippen molar-refractivity contribution < 1.29 is 24.7 Å². The van der Waals surface area contributed by atoms with Crippen molar-refractivity contribution in [1.82, 2.24) is 0 Å². The molecule has 0 bridgehead atoms. The van der Waals surface area contributed by atoms with Gasteiger partial charge in [0.2, 0.25) is 0 Å². The van der Waals surface area contributed by atoms with Gasteiger partial charge in [0.1, 0.15) is 0 Å². The predicted octanol–water partition coefficient (Wildman–Crippen LogP) is 4.73. The van der Waals surface area contributed by atoms with Crippen LogP contribution in [0.3, 0.4) is 0 Å². The van der Waals surface area contributed by atoms with E-state index in [1.807, 2.05) is 20.8 Å². The summed E-state index contributed by atoms with van der Waals surface area (Å²) in [5.74, 6) is 0. The predicted molar refractivity (Wildman–Crippen MR) is 69.4 cm³/mol. The van der Waals surface area contributed by atoms with Crippen LogP contribution in [-0.4, -0.2) is 26.4 Å². The monoisotopic (exact) mass is 373 g/mol. The molecule has 0 aliphatic rings. The Morgan fingerprint density at radius 2 is 1.56 bits per heavy atom. The van der Waals surface area contributed by atoms with Crippen LogP contribution in [0.1, 0.15) is 27.2 Å². The van der Waals surface area contributed by atoms with Gasteiger partial charge >= 0.3 is 42.8 Å². The summed E-state index contributed by atoms with van der Waals surface area (Å²) in [7, 11) is 18.2. The molecule has 0 heterocycles. The number of hydrogen-bond acceptors (Lipinski definition) is 2. The minimum atomic E-state index is -2.03. The molecule has 0 rings (SSSR count). The van der Waals surface area contributed by atoms with E-state index in [0.29, 0.717) is 6.61 Å². The normalized spacial score (nSPS) is 10.1.